The molecule has 17 heavy (non-hydrogen) atoms. The molecule has 2 rings (SSSR count). The van der Waals surface area contributed by atoms with Crippen molar-refractivity contribution in [1.29, 1.82) is 0 Å². The van der Waals surface area contributed by atoms with Crippen LogP contribution in [0.15, 0.2) is 18.2 Å². The van der Waals surface area contributed by atoms with Crippen LogP contribution >= 0.6 is 0 Å². The zero-order valence-electron chi connectivity index (χ0n) is 10.8. The van der Waals surface area contributed by atoms with E-state index >= 15 is 0 Å². The van der Waals surface area contributed by atoms with Crippen molar-refractivity contribution < 1.29 is 9.53 Å². The summed E-state index contributed by atoms with van der Waals surface area (Å²) in [5, 5.41) is 0. The Hall–Kier alpha value is -1.31. The maximum atomic E-state index is 11.3. The van der Waals surface area contributed by atoms with Crippen LogP contribution in [0.5, 0.6) is 0 Å². The van der Waals surface area contributed by atoms with Crippen molar-refractivity contribution in [3.05, 3.63) is 34.9 Å². The highest BCUT2D eigenvalue weighted by Crippen LogP contribution is 2.42. The van der Waals surface area contributed by atoms with Gasteiger partial charge in [-0.05, 0) is 55.7 Å². The topological polar surface area (TPSA) is 26.3 Å². The number of hydrogen-bond donors (Lipinski definition) is 0. The van der Waals surface area contributed by atoms with Gasteiger partial charge in [-0.15, -0.1) is 0 Å². The van der Waals surface area contributed by atoms with Crippen LogP contribution in [-0.4, -0.2) is 13.1 Å². The van der Waals surface area contributed by atoms with Crippen molar-refractivity contribution in [2.45, 2.75) is 33.1 Å². The maximum absolute atomic E-state index is 11.3. The average molecular weight is 232 g/mol. The second-order valence-electron chi connectivity index (χ2n) is 5.02. The lowest BCUT2D eigenvalue weighted by Crippen LogP contribution is -2.04. The molecule has 1 aromatic carbocycles. The summed E-state index contributed by atoms with van der Waals surface area (Å²) in [6.07, 6.45) is 3.19. The molecule has 1 aliphatic rings. The lowest BCUT2D eigenvalue weighted by Gasteiger charge is -2.08. The lowest BCUT2D eigenvalue weighted by molar-refractivity contribution is -0.142. The Bertz CT molecular complexity index is 423. The van der Waals surface area contributed by atoms with Gasteiger partial charge in [-0.3, -0.25) is 4.79 Å². The molecular weight excluding hydrogens is 212 g/mol. The zero-order chi connectivity index (χ0) is 12.4. The van der Waals surface area contributed by atoms with E-state index in [2.05, 4.69) is 32.0 Å². The van der Waals surface area contributed by atoms with E-state index in [0.717, 1.165) is 19.3 Å². The first-order valence-corrected chi connectivity index (χ1v) is 6.26. The van der Waals surface area contributed by atoms with Gasteiger partial charge in [0, 0.05) is 0 Å². The quantitative estimate of drug-likeness (QED) is 0.746. The molecule has 0 aliphatic heterocycles. The van der Waals surface area contributed by atoms with Crippen LogP contribution in [0.4, 0.5) is 0 Å². The lowest BCUT2D eigenvalue weighted by atomic mass is 9.98. The van der Waals surface area contributed by atoms with E-state index in [4.69, 9.17) is 4.74 Å². The van der Waals surface area contributed by atoms with Crippen molar-refractivity contribution in [1.82, 2.24) is 0 Å². The normalized spacial score (nSPS) is 22.3. The molecule has 0 radical (unpaired) electrons. The minimum atomic E-state index is -0.0315. The van der Waals surface area contributed by atoms with E-state index < -0.39 is 0 Å². The highest BCUT2D eigenvalue weighted by atomic mass is 16.5. The van der Waals surface area contributed by atoms with Crippen LogP contribution in [0.2, 0.25) is 0 Å². The molecule has 1 saturated carbocycles. The maximum Gasteiger partial charge on any atom is 0.308 e. The van der Waals surface area contributed by atoms with Crippen LogP contribution in [-0.2, 0) is 16.0 Å². The zero-order valence-corrected chi connectivity index (χ0v) is 10.8. The molecule has 0 saturated heterocycles. The highest BCUT2D eigenvalue weighted by molar-refractivity contribution is 5.75. The second kappa shape index (κ2) is 4.91. The van der Waals surface area contributed by atoms with Gasteiger partial charge in [0.2, 0.25) is 0 Å². The summed E-state index contributed by atoms with van der Waals surface area (Å²) in [5.41, 5.74) is 4.16. The van der Waals surface area contributed by atoms with E-state index in [1.54, 1.807) is 0 Å². The number of esters is 1. The van der Waals surface area contributed by atoms with Gasteiger partial charge in [0.25, 0.3) is 0 Å². The molecule has 1 aromatic rings. The first kappa shape index (κ1) is 12.2. The van der Waals surface area contributed by atoms with Gasteiger partial charge in [0.15, 0.2) is 0 Å². The SMILES string of the molecule is COC(=O)C1CC1CCc1cccc(C)c1C. The molecule has 2 atom stereocenters. The van der Waals surface area contributed by atoms with Crippen molar-refractivity contribution >= 4 is 5.97 Å². The van der Waals surface area contributed by atoms with E-state index in [-0.39, 0.29) is 11.9 Å². The van der Waals surface area contributed by atoms with Gasteiger partial charge in [-0.2, -0.15) is 0 Å². The molecule has 92 valence electrons. The Morgan fingerprint density at radius 3 is 2.88 bits per heavy atom. The minimum Gasteiger partial charge on any atom is -0.469 e. The number of aryl methyl sites for hydroxylation is 2. The molecule has 1 aliphatic carbocycles. The predicted octanol–water partition coefficient (Wildman–Crippen LogP) is 3.05. The average Bonchev–Trinajstić information content (AvgIpc) is 3.09. The molecular formula is C15H20O2. The summed E-state index contributed by atoms with van der Waals surface area (Å²) in [6, 6.07) is 6.45. The highest BCUT2D eigenvalue weighted by Gasteiger charge is 2.43. The van der Waals surface area contributed by atoms with Crippen LogP contribution in [0.25, 0.3) is 0 Å². The first-order valence-electron chi connectivity index (χ1n) is 6.26. The Labute approximate surface area is 103 Å². The Morgan fingerprint density at radius 1 is 1.41 bits per heavy atom. The fourth-order valence-corrected chi connectivity index (χ4v) is 2.43. The predicted molar refractivity (Wildman–Crippen MR) is 67.9 cm³/mol. The van der Waals surface area contributed by atoms with E-state index in [1.165, 1.54) is 23.8 Å². The van der Waals surface area contributed by atoms with Crippen molar-refractivity contribution in [3.8, 4) is 0 Å². The monoisotopic (exact) mass is 232 g/mol. The Balaban J connectivity index is 1.88. The third-order valence-corrected chi connectivity index (χ3v) is 3.93. The van der Waals surface area contributed by atoms with Crippen LogP contribution < -0.4 is 0 Å². The van der Waals surface area contributed by atoms with Gasteiger partial charge >= 0.3 is 5.97 Å². The summed E-state index contributed by atoms with van der Waals surface area (Å²) in [5.74, 6) is 0.684. The van der Waals surface area contributed by atoms with Gasteiger partial charge in [-0.25, -0.2) is 0 Å². The molecule has 0 spiro atoms. The molecule has 0 aromatic heterocycles. The smallest absolute Gasteiger partial charge is 0.308 e. The van der Waals surface area contributed by atoms with Crippen LogP contribution in [0.1, 0.15) is 29.5 Å². The number of benzene rings is 1. The number of carbonyl (C=O) groups excluding carboxylic acids is 1. The second-order valence-corrected chi connectivity index (χ2v) is 5.02. The number of hydrogen-bond acceptors (Lipinski definition) is 2. The number of ether oxygens (including phenoxy) is 1. The van der Waals surface area contributed by atoms with Crippen LogP contribution in [0, 0.1) is 25.7 Å². The summed E-state index contributed by atoms with van der Waals surface area (Å²) in [7, 11) is 1.47. The molecule has 0 bridgehead atoms. The van der Waals surface area contributed by atoms with Gasteiger partial charge in [-0.1, -0.05) is 18.2 Å². The Kier molecular flexibility index (Phi) is 3.51. The third-order valence-electron chi connectivity index (χ3n) is 3.93. The molecule has 0 amide bonds. The molecule has 0 N–H and O–H groups in total. The fraction of sp³-hybridized carbons (Fsp3) is 0.533. The van der Waals surface area contributed by atoms with Crippen molar-refractivity contribution in [2.75, 3.05) is 7.11 Å². The molecule has 2 heteroatoms. The number of methoxy groups -OCH3 is 1. The largest absolute Gasteiger partial charge is 0.469 e. The summed E-state index contributed by atoms with van der Waals surface area (Å²) < 4.78 is 4.76. The molecule has 0 heterocycles. The fourth-order valence-electron chi connectivity index (χ4n) is 2.43. The molecule has 2 unspecified atom stereocenters. The van der Waals surface area contributed by atoms with Gasteiger partial charge in [0.05, 0.1) is 13.0 Å². The van der Waals surface area contributed by atoms with Crippen molar-refractivity contribution in [3.63, 3.8) is 0 Å². The van der Waals surface area contributed by atoms with E-state index in [1.807, 2.05) is 0 Å². The number of rotatable bonds is 4. The molecule has 1 fully saturated rings. The standard InChI is InChI=1S/C15H20O2/c1-10-5-4-6-12(11(10)2)7-8-13-9-14(13)15(16)17-3/h4-6,13-14H,7-9H2,1-3H3. The van der Waals surface area contributed by atoms with Gasteiger partial charge in [0.1, 0.15) is 0 Å². The molecule has 2 nitrogen and oxygen atoms in total. The first-order chi connectivity index (χ1) is 8.13. The van der Waals surface area contributed by atoms with E-state index in [9.17, 15) is 4.79 Å². The summed E-state index contributed by atoms with van der Waals surface area (Å²) >= 11 is 0. The van der Waals surface area contributed by atoms with Gasteiger partial charge < -0.3 is 4.74 Å². The Morgan fingerprint density at radius 2 is 2.18 bits per heavy atom. The van der Waals surface area contributed by atoms with E-state index in [0.29, 0.717) is 5.92 Å². The number of carbonyl (C=O) groups is 1. The minimum absolute atomic E-state index is 0.0315. The third kappa shape index (κ3) is 2.68. The summed E-state index contributed by atoms with van der Waals surface area (Å²) in [6.45, 7) is 4.32. The summed E-state index contributed by atoms with van der Waals surface area (Å²) in [4.78, 5) is 11.3. The van der Waals surface area contributed by atoms with Crippen LogP contribution in [0.3, 0.4) is 0 Å². The van der Waals surface area contributed by atoms with Crippen molar-refractivity contribution in [2.24, 2.45) is 11.8 Å².